The monoisotopic (exact) mass is 368 g/mol. The van der Waals surface area contributed by atoms with E-state index < -0.39 is 45.9 Å². The van der Waals surface area contributed by atoms with Gasteiger partial charge in [0.05, 0.1) is 4.92 Å². The maximum absolute atomic E-state index is 13.6. The zero-order valence-corrected chi connectivity index (χ0v) is 12.9. The summed E-state index contributed by atoms with van der Waals surface area (Å²) >= 11 is 0. The Hall–Kier alpha value is -3.43. The lowest BCUT2D eigenvalue weighted by Crippen LogP contribution is -2.43. The minimum atomic E-state index is -1.56. The van der Waals surface area contributed by atoms with E-state index in [1.807, 2.05) is 5.32 Å². The molecule has 26 heavy (non-hydrogen) atoms. The van der Waals surface area contributed by atoms with Crippen molar-refractivity contribution in [2.75, 3.05) is 0 Å². The van der Waals surface area contributed by atoms with Crippen molar-refractivity contribution in [1.82, 2.24) is 5.32 Å². The lowest BCUT2D eigenvalue weighted by atomic mass is 10.0. The summed E-state index contributed by atoms with van der Waals surface area (Å²) in [6.45, 7) is 0. The number of carbonyl (C=O) groups is 2. The first-order chi connectivity index (χ1) is 12.2. The number of hydrogen-bond donors (Lipinski definition) is 2. The van der Waals surface area contributed by atoms with Crippen molar-refractivity contribution >= 4 is 17.6 Å². The van der Waals surface area contributed by atoms with E-state index in [0.29, 0.717) is 17.7 Å². The number of carbonyl (C=O) groups excluding carboxylic acids is 1. The van der Waals surface area contributed by atoms with Gasteiger partial charge in [-0.2, -0.15) is 0 Å². The van der Waals surface area contributed by atoms with E-state index in [-0.39, 0.29) is 12.1 Å². The van der Waals surface area contributed by atoms with Crippen LogP contribution in [0.25, 0.3) is 0 Å². The molecule has 2 rings (SSSR count). The van der Waals surface area contributed by atoms with E-state index in [0.717, 1.165) is 12.1 Å². The van der Waals surface area contributed by atoms with Crippen molar-refractivity contribution in [2.24, 2.45) is 0 Å². The van der Waals surface area contributed by atoms with E-state index in [1.54, 1.807) is 0 Å². The Labute approximate surface area is 144 Å². The normalized spacial score (nSPS) is 11.7. The molecule has 2 N–H and O–H groups in total. The van der Waals surface area contributed by atoms with Crippen molar-refractivity contribution in [2.45, 2.75) is 12.5 Å². The third kappa shape index (κ3) is 4.35. The number of carboxylic acid groups (broad SMARTS) is 1. The van der Waals surface area contributed by atoms with Crippen LogP contribution >= 0.6 is 0 Å². The molecule has 1 atom stereocenters. The topological polar surface area (TPSA) is 110 Å². The number of nitrogens with one attached hydrogen (secondary N) is 1. The van der Waals surface area contributed by atoms with Crippen LogP contribution in [0.1, 0.15) is 15.9 Å². The second-order valence-electron chi connectivity index (χ2n) is 5.24. The lowest BCUT2D eigenvalue weighted by molar-refractivity contribution is -0.384. The molecule has 0 saturated carbocycles. The van der Waals surface area contributed by atoms with Gasteiger partial charge in [-0.3, -0.25) is 14.9 Å². The van der Waals surface area contributed by atoms with E-state index in [4.69, 9.17) is 0 Å². The Morgan fingerprint density at radius 2 is 1.65 bits per heavy atom. The van der Waals surface area contributed by atoms with Gasteiger partial charge in [0, 0.05) is 30.7 Å². The molecule has 7 nitrogen and oxygen atoms in total. The second kappa shape index (κ2) is 7.64. The molecule has 0 heterocycles. The zero-order valence-electron chi connectivity index (χ0n) is 12.9. The van der Waals surface area contributed by atoms with Gasteiger partial charge in [-0.25, -0.2) is 18.0 Å². The molecule has 0 aliphatic rings. The first-order valence-corrected chi connectivity index (χ1v) is 7.10. The summed E-state index contributed by atoms with van der Waals surface area (Å²) in [5.41, 5.74) is -0.982. The largest absolute Gasteiger partial charge is 0.480 e. The highest BCUT2D eigenvalue weighted by Gasteiger charge is 2.25. The standard InChI is InChI=1S/C16H11F3N2O5/c17-9-6-11(18)14(12(19)7-9)15(22)20-13(16(23)24)5-8-1-3-10(4-2-8)21(25)26/h1-4,6-7,13H,5H2,(H,20,22)(H,23,24)/t13-/m1/s1. The van der Waals surface area contributed by atoms with Gasteiger partial charge in [0.1, 0.15) is 29.1 Å². The molecule has 10 heteroatoms. The van der Waals surface area contributed by atoms with Gasteiger partial charge in [0.25, 0.3) is 11.6 Å². The summed E-state index contributed by atoms with van der Waals surface area (Å²) in [6, 6.07) is 3.91. The maximum Gasteiger partial charge on any atom is 0.326 e. The molecule has 0 aromatic heterocycles. The number of nitro groups is 1. The summed E-state index contributed by atoms with van der Waals surface area (Å²) in [6.07, 6.45) is -0.288. The number of nitrogens with zero attached hydrogens (tertiary/aromatic N) is 1. The Bertz CT molecular complexity index is 848. The van der Waals surface area contributed by atoms with Crippen LogP contribution in [0.2, 0.25) is 0 Å². The molecule has 2 aromatic rings. The van der Waals surface area contributed by atoms with Gasteiger partial charge < -0.3 is 10.4 Å². The average Bonchev–Trinajstić information content (AvgIpc) is 2.53. The van der Waals surface area contributed by atoms with Crippen LogP contribution in [0.4, 0.5) is 18.9 Å². The number of aliphatic carboxylic acids is 1. The zero-order chi connectivity index (χ0) is 19.4. The molecule has 0 spiro atoms. The fourth-order valence-electron chi connectivity index (χ4n) is 2.18. The summed E-state index contributed by atoms with van der Waals surface area (Å²) in [7, 11) is 0. The number of halogens is 3. The van der Waals surface area contributed by atoms with Crippen LogP contribution in [0.3, 0.4) is 0 Å². The Morgan fingerprint density at radius 1 is 1.12 bits per heavy atom. The average molecular weight is 368 g/mol. The van der Waals surface area contributed by atoms with Crippen LogP contribution in [-0.4, -0.2) is 27.9 Å². The minimum absolute atomic E-state index is 0.208. The number of benzene rings is 2. The van der Waals surface area contributed by atoms with Crippen LogP contribution in [-0.2, 0) is 11.2 Å². The Morgan fingerprint density at radius 3 is 2.12 bits per heavy atom. The van der Waals surface area contributed by atoms with E-state index in [9.17, 15) is 38.0 Å². The summed E-state index contributed by atoms with van der Waals surface area (Å²) in [5, 5.41) is 21.7. The van der Waals surface area contributed by atoms with Gasteiger partial charge in [-0.15, -0.1) is 0 Å². The van der Waals surface area contributed by atoms with Gasteiger partial charge in [0.15, 0.2) is 0 Å². The second-order valence-corrected chi connectivity index (χ2v) is 5.24. The number of amides is 1. The predicted octanol–water partition coefficient (Wildman–Crippen LogP) is 2.44. The highest BCUT2D eigenvalue weighted by Crippen LogP contribution is 2.16. The fourth-order valence-corrected chi connectivity index (χ4v) is 2.18. The van der Waals surface area contributed by atoms with Crippen molar-refractivity contribution in [3.05, 3.63) is 75.1 Å². The van der Waals surface area contributed by atoms with Crippen molar-refractivity contribution < 1.29 is 32.8 Å². The summed E-state index contributed by atoms with van der Waals surface area (Å²) in [5.74, 6) is -7.02. The third-order valence-corrected chi connectivity index (χ3v) is 3.42. The highest BCUT2D eigenvalue weighted by atomic mass is 19.1. The SMILES string of the molecule is O=C(N[C@H](Cc1ccc([N+](=O)[O-])cc1)C(=O)O)c1c(F)cc(F)cc1F. The van der Waals surface area contributed by atoms with Gasteiger partial charge >= 0.3 is 5.97 Å². The van der Waals surface area contributed by atoms with E-state index >= 15 is 0 Å². The first kappa shape index (κ1) is 18.9. The van der Waals surface area contributed by atoms with Crippen LogP contribution in [0, 0.1) is 27.6 Å². The Balaban J connectivity index is 2.19. The van der Waals surface area contributed by atoms with Gasteiger partial charge in [-0.1, -0.05) is 12.1 Å². The first-order valence-electron chi connectivity index (χ1n) is 7.10. The Kier molecular flexibility index (Phi) is 5.55. The molecule has 0 aliphatic heterocycles. The fraction of sp³-hybridized carbons (Fsp3) is 0.125. The maximum atomic E-state index is 13.6. The molecule has 0 radical (unpaired) electrons. The van der Waals surface area contributed by atoms with Crippen molar-refractivity contribution in [3.8, 4) is 0 Å². The number of non-ortho nitro benzene ring substituents is 1. The minimum Gasteiger partial charge on any atom is -0.480 e. The highest BCUT2D eigenvalue weighted by molar-refractivity contribution is 5.97. The molecule has 2 aromatic carbocycles. The molecular weight excluding hydrogens is 357 g/mol. The predicted molar refractivity (Wildman–Crippen MR) is 82.0 cm³/mol. The lowest BCUT2D eigenvalue weighted by Gasteiger charge is -2.15. The van der Waals surface area contributed by atoms with Crippen LogP contribution < -0.4 is 5.32 Å². The van der Waals surface area contributed by atoms with Gasteiger partial charge in [0.2, 0.25) is 0 Å². The molecule has 0 aliphatic carbocycles. The van der Waals surface area contributed by atoms with E-state index in [1.165, 1.54) is 12.1 Å². The molecule has 0 saturated heterocycles. The summed E-state index contributed by atoms with van der Waals surface area (Å²) in [4.78, 5) is 33.2. The smallest absolute Gasteiger partial charge is 0.326 e. The van der Waals surface area contributed by atoms with Crippen LogP contribution in [0.5, 0.6) is 0 Å². The van der Waals surface area contributed by atoms with Crippen molar-refractivity contribution in [3.63, 3.8) is 0 Å². The number of hydrogen-bond acceptors (Lipinski definition) is 4. The number of carboxylic acids is 1. The number of rotatable bonds is 6. The summed E-state index contributed by atoms with van der Waals surface area (Å²) < 4.78 is 40.1. The quantitative estimate of drug-likeness (QED) is 0.601. The van der Waals surface area contributed by atoms with E-state index in [2.05, 4.69) is 0 Å². The third-order valence-electron chi connectivity index (χ3n) is 3.42. The van der Waals surface area contributed by atoms with Gasteiger partial charge in [-0.05, 0) is 5.56 Å². The molecule has 0 bridgehead atoms. The van der Waals surface area contributed by atoms with Crippen molar-refractivity contribution in [1.29, 1.82) is 0 Å². The molecule has 136 valence electrons. The van der Waals surface area contributed by atoms with Crippen LogP contribution in [0.15, 0.2) is 36.4 Å². The molecule has 1 amide bonds. The molecular formula is C16H11F3N2O5. The number of nitro benzene ring substituents is 1. The molecule has 0 unspecified atom stereocenters. The molecule has 0 fully saturated rings.